The number of carbonyl (C=O) groups excluding carboxylic acids is 2. The van der Waals surface area contributed by atoms with E-state index >= 15 is 0 Å². The van der Waals surface area contributed by atoms with Crippen molar-refractivity contribution in [3.8, 4) is 11.5 Å². The molecule has 44 heavy (non-hydrogen) atoms. The van der Waals surface area contributed by atoms with E-state index in [9.17, 15) is 14.4 Å². The molecule has 2 aromatic rings. The van der Waals surface area contributed by atoms with Crippen LogP contribution in [0.4, 0.5) is 5.69 Å². The third-order valence-corrected chi connectivity index (χ3v) is 8.34. The maximum atomic E-state index is 13.9. The molecule has 0 saturated carbocycles. The third kappa shape index (κ3) is 7.17. The molecule has 0 bridgehead atoms. The minimum atomic E-state index is -0.814. The molecule has 0 radical (unpaired) electrons. The Morgan fingerprint density at radius 1 is 1.11 bits per heavy atom. The van der Waals surface area contributed by atoms with Crippen molar-refractivity contribution < 1.29 is 29.0 Å². The number of carboxylic acid groups (broad SMARTS) is 1. The number of amidine groups is 1. The van der Waals surface area contributed by atoms with Crippen molar-refractivity contribution in [1.82, 2.24) is 10.2 Å². The van der Waals surface area contributed by atoms with Gasteiger partial charge in [-0.25, -0.2) is 0 Å². The van der Waals surface area contributed by atoms with E-state index < -0.39 is 5.97 Å². The van der Waals surface area contributed by atoms with E-state index in [2.05, 4.69) is 37.9 Å². The van der Waals surface area contributed by atoms with Gasteiger partial charge in [0.2, 0.25) is 0 Å². The molecule has 238 valence electrons. The van der Waals surface area contributed by atoms with Gasteiger partial charge >= 0.3 is 5.97 Å². The molecule has 2 aromatic carbocycles. The Morgan fingerprint density at radius 3 is 2.48 bits per heavy atom. The number of hydrogen-bond acceptors (Lipinski definition) is 7. The van der Waals surface area contributed by atoms with Gasteiger partial charge in [-0.1, -0.05) is 20.8 Å². The van der Waals surface area contributed by atoms with Gasteiger partial charge in [-0.3, -0.25) is 19.8 Å². The van der Waals surface area contributed by atoms with Crippen LogP contribution in [0.1, 0.15) is 104 Å². The second kappa shape index (κ2) is 13.7. The number of unbranched alkanes of at least 4 members (excludes halogenated alkanes) is 1. The lowest BCUT2D eigenvalue weighted by Crippen LogP contribution is -2.31. The highest BCUT2D eigenvalue weighted by Gasteiger charge is 2.32. The van der Waals surface area contributed by atoms with E-state index in [-0.39, 0.29) is 41.9 Å². The van der Waals surface area contributed by atoms with Crippen LogP contribution >= 0.6 is 0 Å². The second-order valence-electron chi connectivity index (χ2n) is 12.7. The molecule has 1 atom stereocenters. The van der Waals surface area contributed by atoms with Gasteiger partial charge in [-0.2, -0.15) is 0 Å². The van der Waals surface area contributed by atoms with Crippen molar-refractivity contribution in [1.29, 1.82) is 5.41 Å². The molecule has 0 aromatic heterocycles. The van der Waals surface area contributed by atoms with Crippen LogP contribution in [-0.4, -0.2) is 72.9 Å². The largest absolute Gasteiger partial charge is 0.493 e. The maximum absolute atomic E-state index is 13.9. The summed E-state index contributed by atoms with van der Waals surface area (Å²) in [5.41, 5.74) is 3.87. The zero-order valence-electron chi connectivity index (χ0n) is 26.8. The van der Waals surface area contributed by atoms with Crippen molar-refractivity contribution in [2.45, 2.75) is 84.7 Å². The summed E-state index contributed by atoms with van der Waals surface area (Å²) in [6.07, 6.45) is 3.36. The Morgan fingerprint density at radius 2 is 1.86 bits per heavy atom. The van der Waals surface area contributed by atoms with E-state index in [4.69, 9.17) is 20.0 Å². The molecule has 2 aliphatic rings. The average molecular weight is 607 g/mol. The molecule has 1 fully saturated rings. The van der Waals surface area contributed by atoms with Crippen LogP contribution in [0.3, 0.4) is 0 Å². The number of carbonyl (C=O) groups is 3. The summed E-state index contributed by atoms with van der Waals surface area (Å²) in [6.45, 7) is 12.4. The Kier molecular flexibility index (Phi) is 10.2. The topological polar surface area (TPSA) is 132 Å². The summed E-state index contributed by atoms with van der Waals surface area (Å²) in [7, 11) is 1.56. The van der Waals surface area contributed by atoms with Gasteiger partial charge in [-0.05, 0) is 74.8 Å². The summed E-state index contributed by atoms with van der Waals surface area (Å²) < 4.78 is 12.1. The van der Waals surface area contributed by atoms with E-state index in [1.165, 1.54) is 0 Å². The fourth-order valence-electron chi connectivity index (χ4n) is 5.96. The summed E-state index contributed by atoms with van der Waals surface area (Å²) in [5.74, 6) is 0.207. The van der Waals surface area contributed by atoms with Crippen LogP contribution in [0.2, 0.25) is 0 Å². The fraction of sp³-hybridized carbons (Fsp3) is 0.529. The first-order valence-corrected chi connectivity index (χ1v) is 15.5. The lowest BCUT2D eigenvalue weighted by molar-refractivity contribution is -0.137. The first-order chi connectivity index (χ1) is 20.8. The summed E-state index contributed by atoms with van der Waals surface area (Å²) in [5, 5.41) is 20.5. The number of hydrogen-bond donors (Lipinski definition) is 3. The van der Waals surface area contributed by atoms with Gasteiger partial charge in [0.05, 0.1) is 31.0 Å². The lowest BCUT2D eigenvalue weighted by atomic mass is 9.84. The molecule has 0 aliphatic carbocycles. The van der Waals surface area contributed by atoms with E-state index in [0.717, 1.165) is 42.0 Å². The van der Waals surface area contributed by atoms with Crippen LogP contribution in [0, 0.1) is 5.41 Å². The Balaban J connectivity index is 1.64. The van der Waals surface area contributed by atoms with Crippen LogP contribution in [0.25, 0.3) is 0 Å². The molecule has 4 rings (SSSR count). The number of benzene rings is 2. The summed E-state index contributed by atoms with van der Waals surface area (Å²) in [6, 6.07) is 7.62. The van der Waals surface area contributed by atoms with Gasteiger partial charge < -0.3 is 29.7 Å². The lowest BCUT2D eigenvalue weighted by Gasteiger charge is -2.32. The zero-order valence-corrected chi connectivity index (χ0v) is 26.8. The quantitative estimate of drug-likeness (QED) is 0.204. The van der Waals surface area contributed by atoms with Crippen molar-refractivity contribution in [3.63, 3.8) is 0 Å². The van der Waals surface area contributed by atoms with Gasteiger partial charge in [0.1, 0.15) is 17.3 Å². The van der Waals surface area contributed by atoms with Crippen LogP contribution < -0.4 is 19.7 Å². The molecule has 10 heteroatoms. The number of amides is 1. The molecule has 10 nitrogen and oxygen atoms in total. The van der Waals surface area contributed by atoms with Gasteiger partial charge in [0.15, 0.2) is 5.78 Å². The SMILES string of the molecule is CCOc1cc2c(cc1C(=O)NC)C(=N)N(CC(=O)c1cc(N3CCCC3C)c(OCCCCC(=O)O)c(C(C)(C)C)c1)C2. The number of Topliss-reactive ketones (excluding diaryl/α,β-unsaturated/α-hetero) is 1. The smallest absolute Gasteiger partial charge is 0.303 e. The van der Waals surface area contributed by atoms with Crippen LogP contribution in [-0.2, 0) is 16.8 Å². The molecule has 2 heterocycles. The number of ketones is 1. The van der Waals surface area contributed by atoms with Crippen LogP contribution in [0.5, 0.6) is 11.5 Å². The van der Waals surface area contributed by atoms with Gasteiger partial charge in [0.25, 0.3) is 5.91 Å². The monoisotopic (exact) mass is 606 g/mol. The highest BCUT2D eigenvalue weighted by atomic mass is 16.5. The minimum Gasteiger partial charge on any atom is -0.493 e. The Labute approximate surface area is 260 Å². The maximum Gasteiger partial charge on any atom is 0.303 e. The normalized spacial score (nSPS) is 16.2. The summed E-state index contributed by atoms with van der Waals surface area (Å²) in [4.78, 5) is 41.5. The molecule has 0 spiro atoms. The standard InChI is InChI=1S/C34H46N4O6/c1-7-43-29-17-23-19-37(32(35)24(23)18-25(29)33(42)36-6)20-28(39)22-15-26(34(3,4)5)31(44-14-9-8-12-30(40)41)27(16-22)38-13-10-11-21(38)2/h15-18,21,35H,7-14,19-20H2,1-6H3,(H,36,42)(H,40,41). The number of carboxylic acids is 1. The molecule has 1 amide bonds. The molecule has 1 unspecified atom stereocenters. The van der Waals surface area contributed by atoms with Crippen molar-refractivity contribution in [3.05, 3.63) is 52.1 Å². The number of nitrogens with one attached hydrogen (secondary N) is 2. The van der Waals surface area contributed by atoms with Crippen molar-refractivity contribution in [2.75, 3.05) is 38.3 Å². The van der Waals surface area contributed by atoms with Crippen molar-refractivity contribution >= 4 is 29.2 Å². The Hall–Kier alpha value is -4.08. The highest BCUT2D eigenvalue weighted by molar-refractivity contribution is 6.08. The van der Waals surface area contributed by atoms with E-state index in [1.54, 1.807) is 24.1 Å². The van der Waals surface area contributed by atoms with E-state index in [1.807, 2.05) is 19.1 Å². The number of nitrogens with zero attached hydrogens (tertiary/aromatic N) is 2. The zero-order chi connectivity index (χ0) is 32.2. The first kappa shape index (κ1) is 32.8. The minimum absolute atomic E-state index is 0.0146. The molecule has 2 aliphatic heterocycles. The molecule has 1 saturated heterocycles. The predicted octanol–water partition coefficient (Wildman–Crippen LogP) is 5.39. The summed E-state index contributed by atoms with van der Waals surface area (Å²) >= 11 is 0. The third-order valence-electron chi connectivity index (χ3n) is 8.34. The Bertz CT molecular complexity index is 1430. The predicted molar refractivity (Wildman–Crippen MR) is 171 cm³/mol. The van der Waals surface area contributed by atoms with E-state index in [0.29, 0.717) is 55.0 Å². The number of rotatable bonds is 13. The number of anilines is 1. The van der Waals surface area contributed by atoms with Gasteiger partial charge in [-0.15, -0.1) is 0 Å². The van der Waals surface area contributed by atoms with Crippen LogP contribution in [0.15, 0.2) is 24.3 Å². The average Bonchev–Trinajstić information content (AvgIpc) is 3.53. The molecular weight excluding hydrogens is 560 g/mol. The molecule has 3 N–H and O–H groups in total. The molecular formula is C34H46N4O6. The number of aliphatic carboxylic acids is 1. The first-order valence-electron chi connectivity index (χ1n) is 15.5. The fourth-order valence-corrected chi connectivity index (χ4v) is 5.96. The highest BCUT2D eigenvalue weighted by Crippen LogP contribution is 2.43. The van der Waals surface area contributed by atoms with Gasteiger partial charge in [0, 0.05) is 49.3 Å². The van der Waals surface area contributed by atoms with Crippen molar-refractivity contribution in [2.24, 2.45) is 0 Å². The number of ether oxygens (including phenoxy) is 2. The number of fused-ring (bicyclic) bond motifs is 1. The second-order valence-corrected chi connectivity index (χ2v) is 12.7.